The quantitative estimate of drug-likeness (QED) is 0.649. The van der Waals surface area contributed by atoms with E-state index in [9.17, 15) is 23.3 Å². The summed E-state index contributed by atoms with van der Waals surface area (Å²) < 4.78 is 38.5. The van der Waals surface area contributed by atoms with Crippen molar-refractivity contribution in [2.75, 3.05) is 6.54 Å². The van der Waals surface area contributed by atoms with Crippen LogP contribution in [0.4, 0.5) is 18.9 Å². The minimum atomic E-state index is -4.83. The van der Waals surface area contributed by atoms with Gasteiger partial charge >= 0.3 is 11.9 Å². The number of aryl methyl sites for hydroxylation is 1. The number of alkyl halides is 3. The Kier molecular flexibility index (Phi) is 3.71. The number of hydrogen-bond acceptors (Lipinski definition) is 4. The standard InChI is InChI=1S/C8H11F3N4O2/c1-5-6(15(16)17)7(8(9,10)11)13-14(5)4-2-3-12/h2-4,12H2,1H3. The van der Waals surface area contributed by atoms with Gasteiger partial charge in [-0.15, -0.1) is 0 Å². The molecule has 0 aliphatic heterocycles. The predicted octanol–water partition coefficient (Wildman–Crippen LogP) is 1.47. The molecule has 0 fully saturated rings. The van der Waals surface area contributed by atoms with E-state index in [0.29, 0.717) is 6.42 Å². The van der Waals surface area contributed by atoms with E-state index in [-0.39, 0.29) is 18.8 Å². The summed E-state index contributed by atoms with van der Waals surface area (Å²) in [5.41, 5.74) is 2.65. The average molecular weight is 252 g/mol. The summed E-state index contributed by atoms with van der Waals surface area (Å²) in [7, 11) is 0. The molecule has 0 atom stereocenters. The molecule has 0 radical (unpaired) electrons. The van der Waals surface area contributed by atoms with E-state index in [1.807, 2.05) is 0 Å². The fraction of sp³-hybridized carbons (Fsp3) is 0.625. The summed E-state index contributed by atoms with van der Waals surface area (Å²) in [5, 5.41) is 13.8. The summed E-state index contributed by atoms with van der Waals surface area (Å²) in [6.07, 6.45) is -4.43. The molecular formula is C8H11F3N4O2. The van der Waals surface area contributed by atoms with Crippen molar-refractivity contribution in [2.45, 2.75) is 26.1 Å². The van der Waals surface area contributed by atoms with Crippen molar-refractivity contribution in [1.82, 2.24) is 9.78 Å². The van der Waals surface area contributed by atoms with Crippen molar-refractivity contribution in [3.63, 3.8) is 0 Å². The molecule has 0 saturated heterocycles. The lowest BCUT2D eigenvalue weighted by molar-refractivity contribution is -0.388. The summed E-state index contributed by atoms with van der Waals surface area (Å²) >= 11 is 0. The largest absolute Gasteiger partial charge is 0.442 e. The molecule has 1 aromatic rings. The molecule has 0 saturated carbocycles. The van der Waals surface area contributed by atoms with Crippen LogP contribution in [0.25, 0.3) is 0 Å². The van der Waals surface area contributed by atoms with Crippen molar-refractivity contribution in [3.8, 4) is 0 Å². The van der Waals surface area contributed by atoms with Gasteiger partial charge in [-0.3, -0.25) is 14.8 Å². The van der Waals surface area contributed by atoms with Crippen LogP contribution >= 0.6 is 0 Å². The first kappa shape index (κ1) is 13.4. The summed E-state index contributed by atoms with van der Waals surface area (Å²) in [6, 6.07) is 0. The minimum Gasteiger partial charge on any atom is -0.330 e. The maximum atomic E-state index is 12.5. The monoisotopic (exact) mass is 252 g/mol. The third-order valence-corrected chi connectivity index (χ3v) is 2.20. The molecule has 0 unspecified atom stereocenters. The fourth-order valence-corrected chi connectivity index (χ4v) is 1.40. The third-order valence-electron chi connectivity index (χ3n) is 2.20. The van der Waals surface area contributed by atoms with Gasteiger partial charge in [-0.2, -0.15) is 18.3 Å². The van der Waals surface area contributed by atoms with Crippen molar-refractivity contribution in [2.24, 2.45) is 5.73 Å². The van der Waals surface area contributed by atoms with Gasteiger partial charge in [-0.1, -0.05) is 0 Å². The number of nitrogens with two attached hydrogens (primary N) is 1. The lowest BCUT2D eigenvalue weighted by Crippen LogP contribution is -2.11. The first-order valence-corrected chi connectivity index (χ1v) is 4.78. The molecule has 6 nitrogen and oxygen atoms in total. The van der Waals surface area contributed by atoms with Gasteiger partial charge < -0.3 is 5.73 Å². The molecule has 0 spiro atoms. The Morgan fingerprint density at radius 2 is 2.12 bits per heavy atom. The Hall–Kier alpha value is -1.64. The summed E-state index contributed by atoms with van der Waals surface area (Å²) in [5.74, 6) is 0. The molecule has 2 N–H and O–H groups in total. The molecule has 0 amide bonds. The molecule has 0 bridgehead atoms. The zero-order valence-corrected chi connectivity index (χ0v) is 8.99. The second kappa shape index (κ2) is 4.70. The SMILES string of the molecule is Cc1c([N+](=O)[O-])c(C(F)(F)F)nn1CCCN. The number of rotatable bonds is 4. The van der Waals surface area contributed by atoms with Crippen LogP contribution in [0.15, 0.2) is 0 Å². The van der Waals surface area contributed by atoms with Gasteiger partial charge in [0.2, 0.25) is 5.69 Å². The Morgan fingerprint density at radius 1 is 1.53 bits per heavy atom. The zero-order valence-electron chi connectivity index (χ0n) is 8.99. The molecule has 0 aromatic carbocycles. The maximum Gasteiger partial charge on any atom is 0.442 e. The number of nitro groups is 1. The van der Waals surface area contributed by atoms with Gasteiger partial charge in [0.15, 0.2) is 0 Å². The highest BCUT2D eigenvalue weighted by molar-refractivity contribution is 5.42. The van der Waals surface area contributed by atoms with Gasteiger partial charge in [0.25, 0.3) is 0 Å². The van der Waals surface area contributed by atoms with Crippen LogP contribution in [0.1, 0.15) is 17.8 Å². The first-order valence-electron chi connectivity index (χ1n) is 4.78. The zero-order chi connectivity index (χ0) is 13.2. The Balaban J connectivity index is 3.25. The van der Waals surface area contributed by atoms with Crippen molar-refractivity contribution >= 4 is 5.69 Å². The molecule has 1 aromatic heterocycles. The van der Waals surface area contributed by atoms with Gasteiger partial charge in [-0.25, -0.2) is 0 Å². The maximum absolute atomic E-state index is 12.5. The van der Waals surface area contributed by atoms with Gasteiger partial charge in [0, 0.05) is 6.54 Å². The van der Waals surface area contributed by atoms with E-state index in [2.05, 4.69) is 5.10 Å². The van der Waals surface area contributed by atoms with Crippen LogP contribution in [0.2, 0.25) is 0 Å². The van der Waals surface area contributed by atoms with E-state index >= 15 is 0 Å². The predicted molar refractivity (Wildman–Crippen MR) is 52.3 cm³/mol. The lowest BCUT2D eigenvalue weighted by Gasteiger charge is -2.01. The molecule has 17 heavy (non-hydrogen) atoms. The van der Waals surface area contributed by atoms with Gasteiger partial charge in [-0.05, 0) is 19.9 Å². The van der Waals surface area contributed by atoms with E-state index in [1.54, 1.807) is 0 Å². The smallest absolute Gasteiger partial charge is 0.330 e. The number of aromatic nitrogens is 2. The van der Waals surface area contributed by atoms with E-state index in [4.69, 9.17) is 5.73 Å². The topological polar surface area (TPSA) is 87.0 Å². The van der Waals surface area contributed by atoms with E-state index < -0.39 is 22.5 Å². The normalized spacial score (nSPS) is 11.8. The lowest BCUT2D eigenvalue weighted by atomic mass is 10.3. The Morgan fingerprint density at radius 3 is 2.47 bits per heavy atom. The van der Waals surface area contributed by atoms with Crippen LogP contribution in [0.3, 0.4) is 0 Å². The van der Waals surface area contributed by atoms with Crippen LogP contribution < -0.4 is 5.73 Å². The molecule has 1 rings (SSSR count). The van der Waals surface area contributed by atoms with E-state index in [1.165, 1.54) is 6.92 Å². The van der Waals surface area contributed by atoms with Crippen molar-refractivity contribution in [1.29, 1.82) is 0 Å². The number of hydrogen-bond donors (Lipinski definition) is 1. The first-order chi connectivity index (χ1) is 7.79. The molecular weight excluding hydrogens is 241 g/mol. The van der Waals surface area contributed by atoms with Gasteiger partial charge in [0.1, 0.15) is 5.69 Å². The molecule has 9 heteroatoms. The summed E-state index contributed by atoms with van der Waals surface area (Å²) in [4.78, 5) is 9.54. The highest BCUT2D eigenvalue weighted by Gasteiger charge is 2.44. The van der Waals surface area contributed by atoms with Gasteiger partial charge in [0.05, 0.1) is 4.92 Å². The summed E-state index contributed by atoms with van der Waals surface area (Å²) in [6.45, 7) is 1.63. The Bertz CT molecular complexity index is 427. The third kappa shape index (κ3) is 2.73. The second-order valence-electron chi connectivity index (χ2n) is 3.40. The van der Waals surface area contributed by atoms with Crippen LogP contribution in [-0.4, -0.2) is 21.2 Å². The highest BCUT2D eigenvalue weighted by Crippen LogP contribution is 2.36. The number of halogens is 3. The van der Waals surface area contributed by atoms with Crippen molar-refractivity contribution < 1.29 is 18.1 Å². The minimum absolute atomic E-state index is 0.115. The number of nitrogens with zero attached hydrogens (tertiary/aromatic N) is 3. The highest BCUT2D eigenvalue weighted by atomic mass is 19.4. The molecule has 0 aliphatic carbocycles. The van der Waals surface area contributed by atoms with Crippen LogP contribution in [-0.2, 0) is 12.7 Å². The van der Waals surface area contributed by atoms with Crippen molar-refractivity contribution in [3.05, 3.63) is 21.5 Å². The van der Waals surface area contributed by atoms with Crippen LogP contribution in [0.5, 0.6) is 0 Å². The molecule has 96 valence electrons. The Labute approximate surface area is 94.4 Å². The molecule has 0 aliphatic rings. The fourth-order valence-electron chi connectivity index (χ4n) is 1.40. The molecule has 1 heterocycles. The van der Waals surface area contributed by atoms with E-state index in [0.717, 1.165) is 4.68 Å². The van der Waals surface area contributed by atoms with Crippen LogP contribution in [0, 0.1) is 17.0 Å². The average Bonchev–Trinajstić information content (AvgIpc) is 2.52. The second-order valence-corrected chi connectivity index (χ2v) is 3.40.